The molecule has 0 atom stereocenters. The van der Waals surface area contributed by atoms with Gasteiger partial charge < -0.3 is 15.2 Å². The van der Waals surface area contributed by atoms with E-state index < -0.39 is 0 Å². The second-order valence-electron chi connectivity index (χ2n) is 2.71. The molecule has 0 aliphatic carbocycles. The van der Waals surface area contributed by atoms with Crippen LogP contribution in [0.2, 0.25) is 0 Å². The fraction of sp³-hybridized carbons (Fsp3) is 0.300. The van der Waals surface area contributed by atoms with Crippen LogP contribution in [0.4, 0.5) is 5.69 Å². The normalized spacial score (nSPS) is 10.6. The Bertz CT molecular complexity index is 367. The maximum absolute atomic E-state index is 5.87. The van der Waals surface area contributed by atoms with E-state index in [1.807, 2.05) is 6.92 Å². The summed E-state index contributed by atoms with van der Waals surface area (Å²) in [6.07, 6.45) is 4.98. The van der Waals surface area contributed by atoms with Gasteiger partial charge in [0.2, 0.25) is 5.88 Å². The number of aromatic nitrogens is 1. The number of pyridine rings is 1. The number of nitrogens with zero attached hydrogens (tertiary/aromatic N) is 1. The monoisotopic (exact) mass is 272 g/mol. The van der Waals surface area contributed by atoms with Gasteiger partial charge in [-0.25, -0.2) is 4.98 Å². The zero-order valence-corrected chi connectivity index (χ0v) is 10.2. The lowest BCUT2D eigenvalue weighted by molar-refractivity contribution is 0.272. The van der Waals surface area contributed by atoms with Crippen molar-refractivity contribution >= 4 is 27.7 Å². The van der Waals surface area contributed by atoms with Gasteiger partial charge in [0.05, 0.1) is 25.7 Å². The molecular formula is C10H13BrN2O2. The van der Waals surface area contributed by atoms with Gasteiger partial charge in [-0.05, 0) is 28.9 Å². The molecule has 2 N–H and O–H groups in total. The largest absolute Gasteiger partial charge is 0.501 e. The van der Waals surface area contributed by atoms with E-state index in [9.17, 15) is 0 Å². The van der Waals surface area contributed by atoms with E-state index in [0.717, 1.165) is 5.56 Å². The van der Waals surface area contributed by atoms with Gasteiger partial charge in [0, 0.05) is 11.8 Å². The van der Waals surface area contributed by atoms with Crippen LogP contribution < -0.4 is 10.5 Å². The minimum Gasteiger partial charge on any atom is -0.501 e. The Morgan fingerprint density at radius 2 is 2.33 bits per heavy atom. The Labute approximate surface area is 97.2 Å². The first-order valence-corrected chi connectivity index (χ1v) is 5.26. The third-order valence-corrected chi connectivity index (χ3v) is 2.53. The van der Waals surface area contributed by atoms with E-state index in [4.69, 9.17) is 15.2 Å². The highest BCUT2D eigenvalue weighted by Crippen LogP contribution is 2.31. The summed E-state index contributed by atoms with van der Waals surface area (Å²) in [5.41, 5.74) is 7.24. The second-order valence-corrected chi connectivity index (χ2v) is 3.50. The quantitative estimate of drug-likeness (QED) is 0.856. The van der Waals surface area contributed by atoms with Gasteiger partial charge in [-0.2, -0.15) is 0 Å². The molecule has 1 aromatic heterocycles. The number of rotatable bonds is 4. The molecule has 0 saturated carbocycles. The fourth-order valence-electron chi connectivity index (χ4n) is 0.989. The molecule has 1 heterocycles. The molecule has 0 saturated heterocycles. The number of halogens is 1. The van der Waals surface area contributed by atoms with Crippen LogP contribution in [0, 0.1) is 0 Å². The number of nitrogen functional groups attached to an aromatic ring is 1. The summed E-state index contributed by atoms with van der Waals surface area (Å²) in [5, 5.41) is 0. The highest BCUT2D eigenvalue weighted by atomic mass is 79.9. The zero-order chi connectivity index (χ0) is 11.3. The van der Waals surface area contributed by atoms with E-state index in [2.05, 4.69) is 20.9 Å². The number of methoxy groups -OCH3 is 1. The van der Waals surface area contributed by atoms with Crippen molar-refractivity contribution in [2.45, 2.75) is 6.92 Å². The summed E-state index contributed by atoms with van der Waals surface area (Å²) in [4.78, 5) is 4.08. The summed E-state index contributed by atoms with van der Waals surface area (Å²) in [7, 11) is 1.54. The molecule has 0 aliphatic rings. The van der Waals surface area contributed by atoms with Gasteiger partial charge in [0.1, 0.15) is 4.47 Å². The molecule has 1 aromatic rings. The molecule has 0 radical (unpaired) electrons. The van der Waals surface area contributed by atoms with E-state index in [1.165, 1.54) is 0 Å². The van der Waals surface area contributed by atoms with Crippen molar-refractivity contribution in [2.24, 2.45) is 0 Å². The minimum atomic E-state index is 0.473. The molecule has 15 heavy (non-hydrogen) atoms. The molecule has 0 spiro atoms. The summed E-state index contributed by atoms with van der Waals surface area (Å²) >= 11 is 3.31. The lowest BCUT2D eigenvalue weighted by Crippen LogP contribution is -1.97. The first kappa shape index (κ1) is 11.8. The van der Waals surface area contributed by atoms with Crippen LogP contribution in [0.1, 0.15) is 12.5 Å². The molecular weight excluding hydrogens is 260 g/mol. The number of hydrogen-bond donors (Lipinski definition) is 1. The maximum Gasteiger partial charge on any atom is 0.229 e. The molecule has 0 unspecified atom stereocenters. The van der Waals surface area contributed by atoms with Crippen LogP contribution in [-0.2, 0) is 4.74 Å². The predicted molar refractivity (Wildman–Crippen MR) is 63.6 cm³/mol. The number of nitrogens with two attached hydrogens (primary N) is 1. The van der Waals surface area contributed by atoms with Crippen LogP contribution >= 0.6 is 15.9 Å². The summed E-state index contributed by atoms with van der Waals surface area (Å²) in [6.45, 7) is 2.54. The molecule has 0 bridgehead atoms. The molecule has 1 rings (SSSR count). The third kappa shape index (κ3) is 2.86. The Balaban J connectivity index is 2.96. The summed E-state index contributed by atoms with van der Waals surface area (Å²) in [5.74, 6) is 0.473. The maximum atomic E-state index is 5.87. The van der Waals surface area contributed by atoms with E-state index in [-0.39, 0.29) is 0 Å². The Kier molecular flexibility index (Phi) is 4.42. The van der Waals surface area contributed by atoms with Crippen LogP contribution in [0.5, 0.6) is 5.88 Å². The van der Waals surface area contributed by atoms with Gasteiger partial charge in [-0.1, -0.05) is 0 Å². The minimum absolute atomic E-state index is 0.473. The highest BCUT2D eigenvalue weighted by molar-refractivity contribution is 9.10. The SMILES string of the molecule is CCO/C=C/c1cnc(OC)c(Br)c1N. The van der Waals surface area contributed by atoms with Crippen LogP contribution in [0.3, 0.4) is 0 Å². The molecule has 0 aliphatic heterocycles. The topological polar surface area (TPSA) is 57.4 Å². The van der Waals surface area contributed by atoms with Crippen molar-refractivity contribution < 1.29 is 9.47 Å². The summed E-state index contributed by atoms with van der Waals surface area (Å²) < 4.78 is 10.7. The van der Waals surface area contributed by atoms with Gasteiger partial charge in [0.15, 0.2) is 0 Å². The van der Waals surface area contributed by atoms with Crippen LogP contribution in [-0.4, -0.2) is 18.7 Å². The average Bonchev–Trinajstić information content (AvgIpc) is 2.25. The Hall–Kier alpha value is -1.23. The van der Waals surface area contributed by atoms with Crippen molar-refractivity contribution in [1.82, 2.24) is 4.98 Å². The van der Waals surface area contributed by atoms with Crippen molar-refractivity contribution in [2.75, 3.05) is 19.5 Å². The lowest BCUT2D eigenvalue weighted by Gasteiger charge is -2.06. The first-order chi connectivity index (χ1) is 7.20. The van der Waals surface area contributed by atoms with Gasteiger partial charge in [-0.15, -0.1) is 0 Å². The van der Waals surface area contributed by atoms with Gasteiger partial charge >= 0.3 is 0 Å². The fourth-order valence-corrected chi connectivity index (χ4v) is 1.48. The van der Waals surface area contributed by atoms with Crippen LogP contribution in [0.15, 0.2) is 16.9 Å². The molecule has 5 heteroatoms. The van der Waals surface area contributed by atoms with Gasteiger partial charge in [0.25, 0.3) is 0 Å². The second kappa shape index (κ2) is 5.60. The molecule has 4 nitrogen and oxygen atoms in total. The lowest BCUT2D eigenvalue weighted by atomic mass is 10.2. The third-order valence-electron chi connectivity index (χ3n) is 1.76. The van der Waals surface area contributed by atoms with Crippen LogP contribution in [0.25, 0.3) is 6.08 Å². The summed E-state index contributed by atoms with van der Waals surface area (Å²) in [6, 6.07) is 0. The number of hydrogen-bond acceptors (Lipinski definition) is 4. The Morgan fingerprint density at radius 1 is 1.60 bits per heavy atom. The molecule has 0 fully saturated rings. The average molecular weight is 273 g/mol. The molecule has 0 amide bonds. The smallest absolute Gasteiger partial charge is 0.229 e. The molecule has 0 aromatic carbocycles. The van der Waals surface area contributed by atoms with E-state index in [1.54, 1.807) is 25.6 Å². The number of ether oxygens (including phenoxy) is 2. The molecule has 82 valence electrons. The standard InChI is InChI=1S/C10H13BrN2O2/c1-3-15-5-4-7-6-13-10(14-2)8(11)9(7)12/h4-6H,3H2,1-2H3,(H2,12,13)/b5-4+. The predicted octanol–water partition coefficient (Wildman–Crippen LogP) is 2.44. The van der Waals surface area contributed by atoms with E-state index >= 15 is 0 Å². The van der Waals surface area contributed by atoms with E-state index in [0.29, 0.717) is 22.6 Å². The zero-order valence-electron chi connectivity index (χ0n) is 8.66. The van der Waals surface area contributed by atoms with Crippen molar-refractivity contribution in [3.05, 3.63) is 22.5 Å². The first-order valence-electron chi connectivity index (χ1n) is 4.46. The van der Waals surface area contributed by atoms with Crippen molar-refractivity contribution in [3.63, 3.8) is 0 Å². The van der Waals surface area contributed by atoms with Crippen molar-refractivity contribution in [3.8, 4) is 5.88 Å². The highest BCUT2D eigenvalue weighted by Gasteiger charge is 2.08. The van der Waals surface area contributed by atoms with Gasteiger partial charge in [-0.3, -0.25) is 0 Å². The van der Waals surface area contributed by atoms with Crippen molar-refractivity contribution in [1.29, 1.82) is 0 Å². The number of anilines is 1. The Morgan fingerprint density at radius 3 is 2.93 bits per heavy atom.